The summed E-state index contributed by atoms with van der Waals surface area (Å²) in [5.74, 6) is -0.661. The van der Waals surface area contributed by atoms with E-state index in [1.165, 1.54) is 31.4 Å². The molecule has 2 heterocycles. The van der Waals surface area contributed by atoms with Crippen molar-refractivity contribution in [2.75, 3.05) is 7.11 Å². The topological polar surface area (TPSA) is 75.3 Å². The smallest absolute Gasteiger partial charge is 0.438 e. The first-order valence-electron chi connectivity index (χ1n) is 7.58. The van der Waals surface area contributed by atoms with Crippen LogP contribution in [0.25, 0.3) is 0 Å². The van der Waals surface area contributed by atoms with Gasteiger partial charge >= 0.3 is 12.1 Å². The summed E-state index contributed by atoms with van der Waals surface area (Å²) in [4.78, 5) is 12.4. The summed E-state index contributed by atoms with van der Waals surface area (Å²) in [6.45, 7) is 1.54. The molecule has 138 valence electrons. The summed E-state index contributed by atoms with van der Waals surface area (Å²) >= 11 is 0. The van der Waals surface area contributed by atoms with Crippen molar-refractivity contribution in [2.24, 2.45) is 5.10 Å². The second-order valence-corrected chi connectivity index (χ2v) is 5.79. The molecular formula is C17H15F3N2O4. The zero-order valence-corrected chi connectivity index (χ0v) is 13.9. The Hall–Kier alpha value is -2.81. The fourth-order valence-electron chi connectivity index (χ4n) is 2.58. The summed E-state index contributed by atoms with van der Waals surface area (Å²) in [6.07, 6.45) is -6.00. The number of hydrogen-bond donors (Lipinski definition) is 1. The van der Waals surface area contributed by atoms with Crippen molar-refractivity contribution in [1.29, 1.82) is 0 Å². The fraction of sp³-hybridized carbons (Fsp3) is 0.294. The highest BCUT2D eigenvalue weighted by molar-refractivity contribution is 6.05. The van der Waals surface area contributed by atoms with E-state index in [-0.39, 0.29) is 16.5 Å². The number of nitrogens with zero attached hydrogens (tertiary/aromatic N) is 2. The van der Waals surface area contributed by atoms with Crippen molar-refractivity contribution in [3.8, 4) is 5.75 Å². The number of hydrogen-bond acceptors (Lipinski definition) is 5. The molecule has 1 amide bonds. The van der Waals surface area contributed by atoms with Crippen LogP contribution in [-0.4, -0.2) is 40.7 Å². The number of alkyl halides is 3. The van der Waals surface area contributed by atoms with Crippen LogP contribution >= 0.6 is 0 Å². The first-order valence-corrected chi connectivity index (χ1v) is 7.58. The molecule has 26 heavy (non-hydrogen) atoms. The molecule has 3 rings (SSSR count). The molecule has 1 aromatic carbocycles. The normalized spacial score (nSPS) is 20.2. The average molecular weight is 368 g/mol. The van der Waals surface area contributed by atoms with E-state index in [1.807, 2.05) is 0 Å². The molecule has 0 radical (unpaired) electrons. The Bertz CT molecular complexity index is 858. The number of ether oxygens (including phenoxy) is 1. The number of aliphatic hydroxyl groups is 1. The van der Waals surface area contributed by atoms with Crippen LogP contribution in [0.15, 0.2) is 45.9 Å². The zero-order chi connectivity index (χ0) is 19.1. The number of furan rings is 1. The highest BCUT2D eigenvalue weighted by atomic mass is 19.4. The molecule has 1 aromatic heterocycles. The first kappa shape index (κ1) is 18.0. The lowest BCUT2D eigenvalue weighted by atomic mass is 10.0. The molecule has 0 saturated heterocycles. The van der Waals surface area contributed by atoms with Gasteiger partial charge in [-0.3, -0.25) is 4.79 Å². The Kier molecular flexibility index (Phi) is 4.27. The Balaban J connectivity index is 2.01. The van der Waals surface area contributed by atoms with Crippen molar-refractivity contribution >= 4 is 11.6 Å². The number of amides is 1. The molecule has 1 aliphatic rings. The van der Waals surface area contributed by atoms with Crippen LogP contribution in [0.5, 0.6) is 5.75 Å². The van der Waals surface area contributed by atoms with Crippen LogP contribution in [-0.2, 0) is 0 Å². The quantitative estimate of drug-likeness (QED) is 0.903. The third-order valence-corrected chi connectivity index (χ3v) is 4.01. The third kappa shape index (κ3) is 2.94. The molecule has 0 spiro atoms. The van der Waals surface area contributed by atoms with Crippen molar-refractivity contribution in [3.63, 3.8) is 0 Å². The van der Waals surface area contributed by atoms with Crippen LogP contribution in [0.3, 0.4) is 0 Å². The maximum absolute atomic E-state index is 13.5. The lowest BCUT2D eigenvalue weighted by Crippen LogP contribution is -2.56. The number of carbonyl (C=O) groups excluding carboxylic acids is 1. The Morgan fingerprint density at radius 2 is 1.92 bits per heavy atom. The van der Waals surface area contributed by atoms with E-state index < -0.39 is 24.2 Å². The van der Waals surface area contributed by atoms with E-state index in [0.717, 1.165) is 0 Å². The molecule has 0 bridgehead atoms. The molecule has 1 unspecified atom stereocenters. The molecule has 1 aliphatic heterocycles. The summed E-state index contributed by atoms with van der Waals surface area (Å²) in [5, 5.41) is 14.0. The van der Waals surface area contributed by atoms with Gasteiger partial charge in [0.25, 0.3) is 5.72 Å². The second-order valence-electron chi connectivity index (χ2n) is 5.79. The van der Waals surface area contributed by atoms with Crippen LogP contribution in [0, 0.1) is 6.92 Å². The van der Waals surface area contributed by atoms with E-state index in [4.69, 9.17) is 9.15 Å². The number of rotatable bonds is 3. The van der Waals surface area contributed by atoms with E-state index in [1.54, 1.807) is 19.1 Å². The van der Waals surface area contributed by atoms with Gasteiger partial charge in [0, 0.05) is 0 Å². The van der Waals surface area contributed by atoms with Crippen molar-refractivity contribution in [3.05, 3.63) is 53.5 Å². The number of hydrazone groups is 1. The van der Waals surface area contributed by atoms with Gasteiger partial charge in [-0.2, -0.15) is 23.3 Å². The van der Waals surface area contributed by atoms with Crippen LogP contribution in [0.1, 0.15) is 28.3 Å². The predicted molar refractivity (Wildman–Crippen MR) is 84.8 cm³/mol. The maximum atomic E-state index is 13.5. The van der Waals surface area contributed by atoms with E-state index in [2.05, 4.69) is 5.10 Å². The van der Waals surface area contributed by atoms with Crippen molar-refractivity contribution in [1.82, 2.24) is 5.01 Å². The van der Waals surface area contributed by atoms with Crippen LogP contribution in [0.2, 0.25) is 0 Å². The minimum Gasteiger partial charge on any atom is -0.497 e. The van der Waals surface area contributed by atoms with E-state index in [0.29, 0.717) is 17.1 Å². The largest absolute Gasteiger partial charge is 0.497 e. The number of aryl methyl sites for hydroxylation is 1. The van der Waals surface area contributed by atoms with Crippen LogP contribution < -0.4 is 4.74 Å². The van der Waals surface area contributed by atoms with Crippen LogP contribution in [0.4, 0.5) is 13.2 Å². The lowest BCUT2D eigenvalue weighted by molar-refractivity contribution is -0.297. The van der Waals surface area contributed by atoms with Gasteiger partial charge in [-0.1, -0.05) is 0 Å². The molecule has 0 aliphatic carbocycles. The summed E-state index contributed by atoms with van der Waals surface area (Å²) in [6, 6.07) is 8.76. The van der Waals surface area contributed by atoms with Gasteiger partial charge < -0.3 is 14.3 Å². The predicted octanol–water partition coefficient (Wildman–Crippen LogP) is 3.10. The highest BCUT2D eigenvalue weighted by Crippen LogP contribution is 2.42. The van der Waals surface area contributed by atoms with Gasteiger partial charge in [-0.15, -0.1) is 0 Å². The number of benzene rings is 1. The molecule has 0 saturated carbocycles. The minimum absolute atomic E-state index is 0.0326. The maximum Gasteiger partial charge on any atom is 0.438 e. The van der Waals surface area contributed by atoms with Gasteiger partial charge in [0.1, 0.15) is 11.5 Å². The lowest BCUT2D eigenvalue weighted by Gasteiger charge is -2.32. The van der Waals surface area contributed by atoms with Gasteiger partial charge in [0.15, 0.2) is 5.76 Å². The molecule has 2 aromatic rings. The van der Waals surface area contributed by atoms with Gasteiger partial charge in [0.2, 0.25) is 0 Å². The first-order chi connectivity index (χ1) is 12.2. The molecule has 1 N–H and O–H groups in total. The van der Waals surface area contributed by atoms with Crippen molar-refractivity contribution in [2.45, 2.75) is 25.2 Å². The monoisotopic (exact) mass is 368 g/mol. The SMILES string of the molecule is COc1ccc(C2=NN(C(=O)c3ccc(C)o3)C(O)(C(F)(F)F)C2)cc1. The molecule has 9 heteroatoms. The fourth-order valence-corrected chi connectivity index (χ4v) is 2.58. The van der Waals surface area contributed by atoms with Crippen molar-refractivity contribution < 1.29 is 32.2 Å². The second kappa shape index (κ2) is 6.17. The minimum atomic E-state index is -5.11. The zero-order valence-electron chi connectivity index (χ0n) is 13.9. The molecule has 6 nitrogen and oxygen atoms in total. The molecule has 0 fully saturated rings. The third-order valence-electron chi connectivity index (χ3n) is 4.01. The van der Waals surface area contributed by atoms with E-state index >= 15 is 0 Å². The average Bonchev–Trinajstić information content (AvgIpc) is 3.18. The Morgan fingerprint density at radius 1 is 1.27 bits per heavy atom. The highest BCUT2D eigenvalue weighted by Gasteiger charge is 2.63. The number of halogens is 3. The molecular weight excluding hydrogens is 353 g/mol. The van der Waals surface area contributed by atoms with Gasteiger partial charge in [-0.25, -0.2) is 0 Å². The summed E-state index contributed by atoms with van der Waals surface area (Å²) in [5.41, 5.74) is -3.21. The Morgan fingerprint density at radius 3 is 2.42 bits per heavy atom. The Labute approximate surface area is 146 Å². The summed E-state index contributed by atoms with van der Waals surface area (Å²) < 4.78 is 50.6. The number of carbonyl (C=O) groups is 1. The standard InChI is InChI=1S/C17H15F3N2O4/c1-10-3-8-14(26-10)15(23)22-16(24,17(18,19)20)9-13(21-22)11-4-6-12(25-2)7-5-11/h3-8,24H,9H2,1-2H3. The van der Waals surface area contributed by atoms with Gasteiger partial charge in [-0.05, 0) is 48.9 Å². The van der Waals surface area contributed by atoms with E-state index in [9.17, 15) is 23.1 Å². The van der Waals surface area contributed by atoms with Gasteiger partial charge in [0.05, 0.1) is 19.2 Å². The summed E-state index contributed by atoms with van der Waals surface area (Å²) in [7, 11) is 1.45. The number of methoxy groups -OCH3 is 1. The molecule has 1 atom stereocenters.